The van der Waals surface area contributed by atoms with Gasteiger partial charge in [-0.2, -0.15) is 0 Å². The van der Waals surface area contributed by atoms with Crippen LogP contribution in [0.25, 0.3) is 0 Å². The van der Waals surface area contributed by atoms with Crippen molar-refractivity contribution < 1.29 is 13.5 Å². The van der Waals surface area contributed by atoms with E-state index in [9.17, 15) is 8.42 Å². The van der Waals surface area contributed by atoms with Crippen molar-refractivity contribution in [1.29, 1.82) is 0 Å². The first-order valence-electron chi connectivity index (χ1n) is 5.92. The highest BCUT2D eigenvalue weighted by molar-refractivity contribution is 9.10. The summed E-state index contributed by atoms with van der Waals surface area (Å²) in [6.45, 7) is 1.77. The highest BCUT2D eigenvalue weighted by atomic mass is 79.9. The van der Waals surface area contributed by atoms with Gasteiger partial charge in [-0.3, -0.25) is 4.72 Å². The lowest BCUT2D eigenvalue weighted by atomic mass is 10.2. The molecule has 2 rings (SSSR count). The summed E-state index contributed by atoms with van der Waals surface area (Å²) in [6.07, 6.45) is 0. The fraction of sp³-hybridized carbons (Fsp3) is 0.143. The van der Waals surface area contributed by atoms with Crippen LogP contribution in [0.4, 0.5) is 5.69 Å². The Morgan fingerprint density at radius 3 is 2.40 bits per heavy atom. The number of aliphatic hydroxyl groups is 1. The van der Waals surface area contributed by atoms with Gasteiger partial charge in [0, 0.05) is 4.47 Å². The first-order valence-corrected chi connectivity index (χ1v) is 8.19. The Morgan fingerprint density at radius 2 is 1.80 bits per heavy atom. The lowest BCUT2D eigenvalue weighted by molar-refractivity contribution is 0.282. The third kappa shape index (κ3) is 3.20. The molecule has 0 atom stereocenters. The summed E-state index contributed by atoms with van der Waals surface area (Å²) in [7, 11) is -3.64. The van der Waals surface area contributed by atoms with Gasteiger partial charge in [-0.05, 0) is 52.2 Å². The van der Waals surface area contributed by atoms with Crippen molar-refractivity contribution in [2.45, 2.75) is 18.4 Å². The van der Waals surface area contributed by atoms with Gasteiger partial charge in [0.05, 0.1) is 17.2 Å². The van der Waals surface area contributed by atoms with E-state index < -0.39 is 10.0 Å². The molecule has 0 heterocycles. The van der Waals surface area contributed by atoms with Crippen LogP contribution in [0.5, 0.6) is 0 Å². The Kier molecular flexibility index (Phi) is 4.47. The zero-order valence-electron chi connectivity index (χ0n) is 10.8. The monoisotopic (exact) mass is 355 g/mol. The molecule has 0 amide bonds. The molecule has 0 bridgehead atoms. The molecule has 2 aromatic carbocycles. The van der Waals surface area contributed by atoms with Crippen molar-refractivity contribution in [2.24, 2.45) is 0 Å². The molecule has 0 aliphatic carbocycles. The first-order chi connectivity index (χ1) is 9.44. The van der Waals surface area contributed by atoms with Crippen LogP contribution in [0.1, 0.15) is 11.1 Å². The Bertz CT molecular complexity index is 712. The summed E-state index contributed by atoms with van der Waals surface area (Å²) in [5.74, 6) is 0. The number of anilines is 1. The van der Waals surface area contributed by atoms with Gasteiger partial charge in [0.25, 0.3) is 10.0 Å². The van der Waals surface area contributed by atoms with E-state index in [0.717, 1.165) is 10.0 Å². The molecule has 2 N–H and O–H groups in total. The van der Waals surface area contributed by atoms with Gasteiger partial charge in [-0.15, -0.1) is 0 Å². The number of hydrogen-bond donors (Lipinski definition) is 2. The number of nitrogens with one attached hydrogen (secondary N) is 1. The maximum Gasteiger partial charge on any atom is 0.261 e. The fourth-order valence-electron chi connectivity index (χ4n) is 1.70. The van der Waals surface area contributed by atoms with E-state index >= 15 is 0 Å². The van der Waals surface area contributed by atoms with E-state index in [4.69, 9.17) is 5.11 Å². The quantitative estimate of drug-likeness (QED) is 0.885. The zero-order valence-corrected chi connectivity index (χ0v) is 13.2. The summed E-state index contributed by atoms with van der Waals surface area (Å²) < 4.78 is 27.8. The van der Waals surface area contributed by atoms with Crippen molar-refractivity contribution in [3.63, 3.8) is 0 Å². The van der Waals surface area contributed by atoms with Gasteiger partial charge >= 0.3 is 0 Å². The maximum absolute atomic E-state index is 12.3. The molecule has 0 aliphatic rings. The van der Waals surface area contributed by atoms with E-state index in [2.05, 4.69) is 20.7 Å². The van der Waals surface area contributed by atoms with E-state index in [1.54, 1.807) is 24.3 Å². The second-order valence-electron chi connectivity index (χ2n) is 4.34. The molecule has 6 heteroatoms. The summed E-state index contributed by atoms with van der Waals surface area (Å²) in [6, 6.07) is 11.5. The van der Waals surface area contributed by atoms with Crippen LogP contribution < -0.4 is 4.72 Å². The van der Waals surface area contributed by atoms with Gasteiger partial charge in [-0.25, -0.2) is 8.42 Å². The second-order valence-corrected chi connectivity index (χ2v) is 6.82. The smallest absolute Gasteiger partial charge is 0.261 e. The molecule has 0 fully saturated rings. The van der Waals surface area contributed by atoms with Gasteiger partial charge in [0.1, 0.15) is 0 Å². The van der Waals surface area contributed by atoms with Crippen LogP contribution in [-0.4, -0.2) is 13.5 Å². The van der Waals surface area contributed by atoms with Gasteiger partial charge < -0.3 is 5.11 Å². The standard InChI is InChI=1S/C14H14BrNO3S/c1-10-3-2-4-13(14(10)15)16-20(18,19)12-7-5-11(9-17)6-8-12/h2-8,16-17H,9H2,1H3. The number of sulfonamides is 1. The van der Waals surface area contributed by atoms with Crippen LogP contribution >= 0.6 is 15.9 Å². The highest BCUT2D eigenvalue weighted by Crippen LogP contribution is 2.27. The van der Waals surface area contributed by atoms with Crippen LogP contribution in [-0.2, 0) is 16.6 Å². The lowest BCUT2D eigenvalue weighted by Crippen LogP contribution is -2.13. The normalized spacial score (nSPS) is 11.3. The summed E-state index contributed by atoms with van der Waals surface area (Å²) >= 11 is 3.37. The van der Waals surface area contributed by atoms with Crippen LogP contribution in [0.2, 0.25) is 0 Å². The summed E-state index contributed by atoms with van der Waals surface area (Å²) in [5.41, 5.74) is 2.11. The van der Waals surface area contributed by atoms with E-state index in [1.807, 2.05) is 13.0 Å². The second kappa shape index (κ2) is 5.95. The minimum atomic E-state index is -3.64. The van der Waals surface area contributed by atoms with E-state index in [-0.39, 0.29) is 11.5 Å². The van der Waals surface area contributed by atoms with Crippen molar-refractivity contribution in [2.75, 3.05) is 4.72 Å². The fourth-order valence-corrected chi connectivity index (χ4v) is 3.27. The zero-order chi connectivity index (χ0) is 14.8. The van der Waals surface area contributed by atoms with E-state index in [0.29, 0.717) is 11.3 Å². The molecule has 4 nitrogen and oxygen atoms in total. The highest BCUT2D eigenvalue weighted by Gasteiger charge is 2.15. The molecule has 20 heavy (non-hydrogen) atoms. The van der Waals surface area contributed by atoms with Crippen molar-refractivity contribution in [3.8, 4) is 0 Å². The summed E-state index contributed by atoms with van der Waals surface area (Å²) in [4.78, 5) is 0.156. The molecule has 2 aromatic rings. The number of aliphatic hydroxyl groups excluding tert-OH is 1. The Hall–Kier alpha value is -1.37. The number of hydrogen-bond acceptors (Lipinski definition) is 3. The number of benzene rings is 2. The molecule has 106 valence electrons. The third-order valence-corrected chi connectivity index (χ3v) is 5.29. The van der Waals surface area contributed by atoms with Crippen molar-refractivity contribution in [1.82, 2.24) is 0 Å². The number of rotatable bonds is 4. The SMILES string of the molecule is Cc1cccc(NS(=O)(=O)c2ccc(CO)cc2)c1Br. The molecule has 0 radical (unpaired) electrons. The van der Waals surface area contributed by atoms with Gasteiger partial charge in [-0.1, -0.05) is 24.3 Å². The maximum atomic E-state index is 12.3. The molecule has 0 saturated carbocycles. The Labute approximate surface area is 126 Å². The van der Waals surface area contributed by atoms with Crippen molar-refractivity contribution in [3.05, 3.63) is 58.1 Å². The first kappa shape index (κ1) is 15.0. The molecule has 0 spiro atoms. The lowest BCUT2D eigenvalue weighted by Gasteiger charge is -2.11. The predicted octanol–water partition coefficient (Wildman–Crippen LogP) is 3.05. The molecule has 0 aliphatic heterocycles. The molecule has 0 saturated heterocycles. The minimum Gasteiger partial charge on any atom is -0.392 e. The van der Waals surface area contributed by atoms with Crippen LogP contribution in [0.15, 0.2) is 51.8 Å². The Balaban J connectivity index is 2.33. The number of halogens is 1. The average molecular weight is 356 g/mol. The molecular formula is C14H14BrNO3S. The topological polar surface area (TPSA) is 66.4 Å². The van der Waals surface area contributed by atoms with E-state index in [1.165, 1.54) is 12.1 Å². The van der Waals surface area contributed by atoms with Crippen molar-refractivity contribution >= 4 is 31.6 Å². The van der Waals surface area contributed by atoms with Crippen LogP contribution in [0.3, 0.4) is 0 Å². The van der Waals surface area contributed by atoms with Crippen LogP contribution in [0, 0.1) is 6.92 Å². The Morgan fingerprint density at radius 1 is 1.15 bits per heavy atom. The minimum absolute atomic E-state index is 0.114. The average Bonchev–Trinajstić information content (AvgIpc) is 2.44. The predicted molar refractivity (Wildman–Crippen MR) is 82.1 cm³/mol. The largest absolute Gasteiger partial charge is 0.392 e. The van der Waals surface area contributed by atoms with Gasteiger partial charge in [0.15, 0.2) is 0 Å². The molecule has 0 aromatic heterocycles. The third-order valence-electron chi connectivity index (χ3n) is 2.85. The van der Waals surface area contributed by atoms with Gasteiger partial charge in [0.2, 0.25) is 0 Å². The number of aryl methyl sites for hydroxylation is 1. The molecular weight excluding hydrogens is 342 g/mol. The molecule has 0 unspecified atom stereocenters. The summed E-state index contributed by atoms with van der Waals surface area (Å²) in [5, 5.41) is 8.96.